The molecule has 1 unspecified atom stereocenters. The third kappa shape index (κ3) is 2.23. The highest BCUT2D eigenvalue weighted by Gasteiger charge is 2.40. The van der Waals surface area contributed by atoms with Crippen LogP contribution >= 0.6 is 0 Å². The zero-order chi connectivity index (χ0) is 13.2. The summed E-state index contributed by atoms with van der Waals surface area (Å²) in [5.74, 6) is -0.801. The lowest BCUT2D eigenvalue weighted by atomic mass is 9.88. The molecule has 0 spiro atoms. The number of nitrogens with zero attached hydrogens (tertiary/aromatic N) is 1. The second kappa shape index (κ2) is 5.04. The number of nitrogens with one attached hydrogen (secondary N) is 1. The molecule has 5 heteroatoms. The van der Waals surface area contributed by atoms with Gasteiger partial charge in [-0.2, -0.15) is 0 Å². The molecule has 1 atom stereocenters. The van der Waals surface area contributed by atoms with Crippen molar-refractivity contribution in [2.75, 3.05) is 26.2 Å². The van der Waals surface area contributed by atoms with E-state index in [9.17, 15) is 9.18 Å². The summed E-state index contributed by atoms with van der Waals surface area (Å²) in [4.78, 5) is 13.9. The molecular weight excluding hydrogens is 233 g/mol. The van der Waals surface area contributed by atoms with Gasteiger partial charge in [-0.15, -0.1) is 0 Å². The maximum absolute atomic E-state index is 13.3. The number of rotatable bonds is 3. The molecule has 1 aromatic rings. The van der Waals surface area contributed by atoms with E-state index in [1.807, 2.05) is 4.90 Å². The van der Waals surface area contributed by atoms with Crippen molar-refractivity contribution in [3.8, 4) is 0 Å². The number of piperazine rings is 1. The number of primary amides is 1. The molecule has 0 bridgehead atoms. The van der Waals surface area contributed by atoms with E-state index in [1.165, 1.54) is 12.1 Å². The predicted molar refractivity (Wildman–Crippen MR) is 67.4 cm³/mol. The van der Waals surface area contributed by atoms with Gasteiger partial charge in [0, 0.05) is 26.2 Å². The number of benzene rings is 1. The van der Waals surface area contributed by atoms with E-state index in [4.69, 9.17) is 5.73 Å². The molecule has 1 aliphatic heterocycles. The second-order valence-corrected chi connectivity index (χ2v) is 4.68. The van der Waals surface area contributed by atoms with Crippen LogP contribution in [0.15, 0.2) is 24.3 Å². The zero-order valence-electron chi connectivity index (χ0n) is 10.4. The molecule has 1 saturated heterocycles. The highest BCUT2D eigenvalue weighted by Crippen LogP contribution is 2.28. The van der Waals surface area contributed by atoms with Crippen molar-refractivity contribution in [3.63, 3.8) is 0 Å². The molecule has 98 valence electrons. The first-order valence-electron chi connectivity index (χ1n) is 6.07. The number of nitrogens with two attached hydrogens (primary N) is 1. The smallest absolute Gasteiger partial charge is 0.242 e. The molecule has 0 radical (unpaired) electrons. The minimum atomic E-state index is -0.954. The summed E-state index contributed by atoms with van der Waals surface area (Å²) >= 11 is 0. The first kappa shape index (κ1) is 13.0. The predicted octanol–water partition coefficient (Wildman–Crippen LogP) is 0.431. The van der Waals surface area contributed by atoms with Crippen LogP contribution < -0.4 is 11.1 Å². The molecule has 3 N–H and O–H groups in total. The van der Waals surface area contributed by atoms with Gasteiger partial charge in [0.05, 0.1) is 0 Å². The summed E-state index contributed by atoms with van der Waals surface area (Å²) < 4.78 is 13.3. The largest absolute Gasteiger partial charge is 0.368 e. The zero-order valence-corrected chi connectivity index (χ0v) is 10.4. The van der Waals surface area contributed by atoms with Crippen LogP contribution in [0.2, 0.25) is 0 Å². The summed E-state index contributed by atoms with van der Waals surface area (Å²) in [5.41, 5.74) is 5.21. The van der Waals surface area contributed by atoms with Crippen LogP contribution in [0.5, 0.6) is 0 Å². The highest BCUT2D eigenvalue weighted by molar-refractivity contribution is 5.85. The Labute approximate surface area is 106 Å². The molecule has 1 fully saturated rings. The van der Waals surface area contributed by atoms with Gasteiger partial charge in [-0.3, -0.25) is 9.69 Å². The van der Waals surface area contributed by atoms with E-state index in [0.717, 1.165) is 26.2 Å². The summed E-state index contributed by atoms with van der Waals surface area (Å²) in [6.07, 6.45) is 0. The van der Waals surface area contributed by atoms with E-state index < -0.39 is 11.4 Å². The lowest BCUT2D eigenvalue weighted by Gasteiger charge is -2.41. The van der Waals surface area contributed by atoms with Crippen LogP contribution in [0.1, 0.15) is 12.5 Å². The first-order valence-corrected chi connectivity index (χ1v) is 6.07. The highest BCUT2D eigenvalue weighted by atomic mass is 19.1. The van der Waals surface area contributed by atoms with Crippen LogP contribution in [0, 0.1) is 5.82 Å². The van der Waals surface area contributed by atoms with Crippen molar-refractivity contribution in [1.82, 2.24) is 10.2 Å². The summed E-state index contributed by atoms with van der Waals surface area (Å²) in [6.45, 7) is 4.80. The lowest BCUT2D eigenvalue weighted by Crippen LogP contribution is -2.58. The Hall–Kier alpha value is -1.46. The number of hydrogen-bond acceptors (Lipinski definition) is 3. The Kier molecular flexibility index (Phi) is 3.63. The SMILES string of the molecule is CC(C(N)=O)(c1cccc(F)c1)N1CCNCC1. The molecule has 0 aromatic heterocycles. The van der Waals surface area contributed by atoms with Crippen molar-refractivity contribution in [2.24, 2.45) is 5.73 Å². The van der Waals surface area contributed by atoms with E-state index in [1.54, 1.807) is 19.1 Å². The topological polar surface area (TPSA) is 58.4 Å². The Morgan fingerprint density at radius 2 is 2.11 bits per heavy atom. The molecule has 0 aliphatic carbocycles. The molecule has 2 rings (SSSR count). The monoisotopic (exact) mass is 251 g/mol. The Balaban J connectivity index is 2.39. The molecule has 1 aliphatic rings. The van der Waals surface area contributed by atoms with E-state index in [2.05, 4.69) is 5.32 Å². The van der Waals surface area contributed by atoms with Crippen LogP contribution in [-0.2, 0) is 10.3 Å². The fourth-order valence-electron chi connectivity index (χ4n) is 2.38. The number of carbonyl (C=O) groups excluding carboxylic acids is 1. The Morgan fingerprint density at radius 3 is 2.67 bits per heavy atom. The Bertz CT molecular complexity index is 446. The van der Waals surface area contributed by atoms with Crippen LogP contribution in [-0.4, -0.2) is 37.0 Å². The fourth-order valence-corrected chi connectivity index (χ4v) is 2.38. The van der Waals surface area contributed by atoms with Gasteiger partial charge in [-0.1, -0.05) is 12.1 Å². The second-order valence-electron chi connectivity index (χ2n) is 4.68. The number of halogens is 1. The van der Waals surface area contributed by atoms with Gasteiger partial charge >= 0.3 is 0 Å². The van der Waals surface area contributed by atoms with Gasteiger partial charge < -0.3 is 11.1 Å². The van der Waals surface area contributed by atoms with Crippen LogP contribution in [0.25, 0.3) is 0 Å². The normalized spacial score (nSPS) is 20.3. The summed E-state index contributed by atoms with van der Waals surface area (Å²) in [6, 6.07) is 6.10. The average Bonchev–Trinajstić information content (AvgIpc) is 2.38. The third-order valence-corrected chi connectivity index (χ3v) is 3.62. The lowest BCUT2D eigenvalue weighted by molar-refractivity contribution is -0.130. The maximum atomic E-state index is 13.3. The van der Waals surface area contributed by atoms with Crippen LogP contribution in [0.3, 0.4) is 0 Å². The Morgan fingerprint density at radius 1 is 1.44 bits per heavy atom. The van der Waals surface area contributed by atoms with Crippen molar-refractivity contribution in [1.29, 1.82) is 0 Å². The quantitative estimate of drug-likeness (QED) is 0.819. The minimum absolute atomic E-state index is 0.352. The van der Waals surface area contributed by atoms with Gasteiger partial charge in [0.2, 0.25) is 5.91 Å². The number of amides is 1. The maximum Gasteiger partial charge on any atom is 0.242 e. The molecule has 1 aromatic carbocycles. The van der Waals surface area contributed by atoms with Gasteiger partial charge in [0.25, 0.3) is 0 Å². The number of hydrogen-bond donors (Lipinski definition) is 2. The van der Waals surface area contributed by atoms with Gasteiger partial charge in [0.15, 0.2) is 0 Å². The van der Waals surface area contributed by atoms with Crippen molar-refractivity contribution >= 4 is 5.91 Å². The van der Waals surface area contributed by atoms with E-state index >= 15 is 0 Å². The first-order chi connectivity index (χ1) is 8.55. The molecule has 1 heterocycles. The molecule has 0 saturated carbocycles. The van der Waals surface area contributed by atoms with Crippen molar-refractivity contribution < 1.29 is 9.18 Å². The van der Waals surface area contributed by atoms with Gasteiger partial charge in [-0.25, -0.2) is 4.39 Å². The van der Waals surface area contributed by atoms with Gasteiger partial charge in [0.1, 0.15) is 11.4 Å². The van der Waals surface area contributed by atoms with Crippen molar-refractivity contribution in [3.05, 3.63) is 35.6 Å². The van der Waals surface area contributed by atoms with E-state index in [-0.39, 0.29) is 5.82 Å². The fraction of sp³-hybridized carbons (Fsp3) is 0.462. The molecule has 4 nitrogen and oxygen atoms in total. The standard InChI is InChI=1S/C13H18FN3O/c1-13(12(15)18,17-7-5-16-6-8-17)10-3-2-4-11(14)9-10/h2-4,9,16H,5-8H2,1H3,(H2,15,18). The number of carbonyl (C=O) groups is 1. The molecule has 1 amide bonds. The average molecular weight is 251 g/mol. The molecular formula is C13H18FN3O. The summed E-state index contributed by atoms with van der Waals surface area (Å²) in [7, 11) is 0. The summed E-state index contributed by atoms with van der Waals surface area (Å²) in [5, 5.41) is 3.22. The third-order valence-electron chi connectivity index (χ3n) is 3.62. The van der Waals surface area contributed by atoms with Crippen LogP contribution in [0.4, 0.5) is 4.39 Å². The minimum Gasteiger partial charge on any atom is -0.368 e. The van der Waals surface area contributed by atoms with E-state index in [0.29, 0.717) is 5.56 Å². The van der Waals surface area contributed by atoms with Gasteiger partial charge in [-0.05, 0) is 24.6 Å². The van der Waals surface area contributed by atoms with Crippen molar-refractivity contribution in [2.45, 2.75) is 12.5 Å². The molecule has 18 heavy (non-hydrogen) atoms.